The van der Waals surface area contributed by atoms with Gasteiger partial charge in [-0.1, -0.05) is 68.3 Å². The highest BCUT2D eigenvalue weighted by Crippen LogP contribution is 2.53. The van der Waals surface area contributed by atoms with Crippen molar-refractivity contribution in [3.05, 3.63) is 48.2 Å². The van der Waals surface area contributed by atoms with E-state index in [2.05, 4.69) is 78.9 Å². The van der Waals surface area contributed by atoms with E-state index in [9.17, 15) is 9.59 Å². The van der Waals surface area contributed by atoms with Crippen molar-refractivity contribution in [1.29, 1.82) is 0 Å². The molecule has 0 aromatic rings. The van der Waals surface area contributed by atoms with Gasteiger partial charge in [0, 0.05) is 22.8 Å². The Morgan fingerprint density at radius 2 is 1.56 bits per heavy atom. The number of hydrogen-bond donors (Lipinski definition) is 2. The molecule has 2 bridgehead atoms. The number of carbonyl (C=O) groups is 2. The fourth-order valence-electron chi connectivity index (χ4n) is 5.32. The van der Waals surface area contributed by atoms with Crippen molar-refractivity contribution in [2.24, 2.45) is 17.3 Å². The minimum absolute atomic E-state index is 0.0552. The summed E-state index contributed by atoms with van der Waals surface area (Å²) in [6.45, 7) is 0. The number of allylic oxidation sites excluding steroid dienone is 5. The summed E-state index contributed by atoms with van der Waals surface area (Å²) in [6, 6.07) is -0.210. The van der Waals surface area contributed by atoms with Gasteiger partial charge in [-0.25, -0.2) is 0 Å². The zero-order chi connectivity index (χ0) is 22.8. The standard InChI is InChI=1S/C26H36Br2N2O2/c27-16-11-7-3-1-5-9-13-20-19-21-22-14-18-29-25(32)26(22,23(20)30-24(21)31)15-10-6-2-4-8-12-17-28/h1-2,5-6,14,18-19,21-23H,3-4,7-13,15-17H2,(H,29,32)(H,30,31)/b5-1-,6-2-/t21-,22+,23+,26+/m1/s1. The molecule has 3 heterocycles. The highest BCUT2D eigenvalue weighted by atomic mass is 79.9. The summed E-state index contributed by atoms with van der Waals surface area (Å²) in [6.07, 6.45) is 25.3. The van der Waals surface area contributed by atoms with Crippen molar-refractivity contribution in [2.75, 3.05) is 10.7 Å². The van der Waals surface area contributed by atoms with Gasteiger partial charge in [-0.2, -0.15) is 0 Å². The minimum atomic E-state index is -0.586. The second-order valence-electron chi connectivity index (χ2n) is 9.00. The Hall–Kier alpha value is -1.14. The molecule has 1 fully saturated rings. The number of unbranched alkanes of at least 4 members (excludes halogenated alkanes) is 4. The summed E-state index contributed by atoms with van der Waals surface area (Å²) in [5.41, 5.74) is 0.639. The molecule has 3 aliphatic heterocycles. The van der Waals surface area contributed by atoms with Crippen LogP contribution in [0.4, 0.5) is 0 Å². The van der Waals surface area contributed by atoms with Crippen LogP contribution in [0, 0.1) is 17.3 Å². The van der Waals surface area contributed by atoms with E-state index in [0.29, 0.717) is 0 Å². The zero-order valence-electron chi connectivity index (χ0n) is 18.8. The molecule has 32 heavy (non-hydrogen) atoms. The quantitative estimate of drug-likeness (QED) is 0.151. The molecule has 0 saturated carbocycles. The molecule has 0 aromatic heterocycles. The number of carbonyl (C=O) groups excluding carboxylic acids is 2. The number of rotatable bonds is 14. The van der Waals surface area contributed by atoms with Crippen LogP contribution in [0.2, 0.25) is 0 Å². The summed E-state index contributed by atoms with van der Waals surface area (Å²) in [4.78, 5) is 26.0. The number of halogens is 2. The van der Waals surface area contributed by atoms with Gasteiger partial charge in [0.05, 0.1) is 17.4 Å². The second kappa shape index (κ2) is 12.9. The van der Waals surface area contributed by atoms with E-state index in [1.165, 1.54) is 31.3 Å². The lowest BCUT2D eigenvalue weighted by molar-refractivity contribution is -0.147. The molecule has 0 spiro atoms. The molecule has 4 aliphatic rings. The summed E-state index contributed by atoms with van der Waals surface area (Å²) >= 11 is 6.95. The number of hydrogen-bond acceptors (Lipinski definition) is 2. The lowest BCUT2D eigenvalue weighted by Crippen LogP contribution is -2.69. The van der Waals surface area contributed by atoms with Gasteiger partial charge in [0.2, 0.25) is 11.8 Å². The highest BCUT2D eigenvalue weighted by Gasteiger charge is 2.61. The van der Waals surface area contributed by atoms with Gasteiger partial charge in [0.25, 0.3) is 0 Å². The Morgan fingerprint density at radius 1 is 0.906 bits per heavy atom. The summed E-state index contributed by atoms with van der Waals surface area (Å²) < 4.78 is 0. The third kappa shape index (κ3) is 5.85. The molecule has 4 rings (SSSR count). The second-order valence-corrected chi connectivity index (χ2v) is 10.6. The first-order valence-electron chi connectivity index (χ1n) is 12.1. The van der Waals surface area contributed by atoms with Crippen molar-refractivity contribution in [1.82, 2.24) is 10.6 Å². The smallest absolute Gasteiger partial charge is 0.233 e. The van der Waals surface area contributed by atoms with Crippen molar-refractivity contribution in [3.63, 3.8) is 0 Å². The molecule has 0 unspecified atom stereocenters. The van der Waals surface area contributed by atoms with Crippen LogP contribution in [0.25, 0.3) is 0 Å². The van der Waals surface area contributed by atoms with Crippen molar-refractivity contribution < 1.29 is 9.59 Å². The molecule has 4 atom stereocenters. The van der Waals surface area contributed by atoms with Crippen LogP contribution in [0.3, 0.4) is 0 Å². The molecule has 6 heteroatoms. The maximum absolute atomic E-state index is 13.3. The van der Waals surface area contributed by atoms with E-state index in [1.807, 2.05) is 0 Å². The first-order valence-corrected chi connectivity index (χ1v) is 14.3. The lowest BCUT2D eigenvalue weighted by Gasteiger charge is -2.55. The van der Waals surface area contributed by atoms with E-state index < -0.39 is 5.41 Å². The third-order valence-corrected chi connectivity index (χ3v) is 8.08. The maximum atomic E-state index is 13.3. The topological polar surface area (TPSA) is 58.2 Å². The zero-order valence-corrected chi connectivity index (χ0v) is 22.0. The molecule has 2 amide bonds. The van der Waals surface area contributed by atoms with Crippen molar-refractivity contribution in [2.45, 2.75) is 70.3 Å². The molecular weight excluding hydrogens is 532 g/mol. The number of amides is 2. The number of nitrogens with one attached hydrogen (secondary N) is 2. The largest absolute Gasteiger partial charge is 0.348 e. The molecular formula is C26H36Br2N2O2. The van der Waals surface area contributed by atoms with Crippen LogP contribution in [0.5, 0.6) is 0 Å². The Balaban J connectivity index is 1.68. The van der Waals surface area contributed by atoms with Gasteiger partial charge in [-0.05, 0) is 69.8 Å². The monoisotopic (exact) mass is 566 g/mol. The highest BCUT2D eigenvalue weighted by molar-refractivity contribution is 9.09. The molecule has 2 N–H and O–H groups in total. The fourth-order valence-corrected chi connectivity index (χ4v) is 6.11. The number of piperidine rings is 1. The van der Waals surface area contributed by atoms with Gasteiger partial charge in [0.1, 0.15) is 0 Å². The van der Waals surface area contributed by atoms with Crippen LogP contribution >= 0.6 is 31.9 Å². The Labute approximate surface area is 209 Å². The normalized spacial score (nSPS) is 28.8. The molecule has 0 radical (unpaired) electrons. The van der Waals surface area contributed by atoms with E-state index >= 15 is 0 Å². The van der Waals surface area contributed by atoms with Crippen LogP contribution in [-0.4, -0.2) is 28.5 Å². The Kier molecular flexibility index (Phi) is 10.3. The van der Waals surface area contributed by atoms with Gasteiger partial charge >= 0.3 is 0 Å². The van der Waals surface area contributed by atoms with E-state index in [-0.39, 0.29) is 29.7 Å². The van der Waals surface area contributed by atoms with E-state index in [0.717, 1.165) is 49.2 Å². The Morgan fingerprint density at radius 3 is 2.25 bits per heavy atom. The molecule has 1 saturated heterocycles. The first-order chi connectivity index (χ1) is 15.6. The average molecular weight is 568 g/mol. The van der Waals surface area contributed by atoms with Gasteiger partial charge in [-0.15, -0.1) is 0 Å². The van der Waals surface area contributed by atoms with Crippen LogP contribution < -0.4 is 10.6 Å². The maximum Gasteiger partial charge on any atom is 0.233 e. The number of alkyl halides is 2. The van der Waals surface area contributed by atoms with Gasteiger partial charge < -0.3 is 10.6 Å². The Bertz CT molecular complexity index is 774. The summed E-state index contributed by atoms with van der Waals surface area (Å²) in [5, 5.41) is 8.28. The van der Waals surface area contributed by atoms with Crippen molar-refractivity contribution in [3.8, 4) is 0 Å². The lowest BCUT2D eigenvalue weighted by atomic mass is 9.53. The predicted molar refractivity (Wildman–Crippen MR) is 139 cm³/mol. The summed E-state index contributed by atoms with van der Waals surface area (Å²) in [7, 11) is 0. The van der Waals surface area contributed by atoms with Crippen molar-refractivity contribution >= 4 is 43.7 Å². The molecule has 4 nitrogen and oxygen atoms in total. The average Bonchev–Trinajstić information content (AvgIpc) is 2.79. The third-order valence-electron chi connectivity index (χ3n) is 6.96. The SMILES string of the molecule is O=C1N[C@H]2C(CC/C=C\CCCCBr)=C[C@@H]1[C@@H]1C=CNC(=O)[C@]21CC/C=C\CCCCBr. The molecule has 1 aliphatic carbocycles. The van der Waals surface area contributed by atoms with E-state index in [1.54, 1.807) is 6.20 Å². The van der Waals surface area contributed by atoms with Gasteiger partial charge in [-0.3, -0.25) is 9.59 Å². The molecule has 0 aromatic carbocycles. The van der Waals surface area contributed by atoms with Gasteiger partial charge in [0.15, 0.2) is 0 Å². The van der Waals surface area contributed by atoms with Crippen LogP contribution in [0.1, 0.15) is 64.2 Å². The molecule has 176 valence electrons. The first kappa shape index (κ1) is 25.5. The predicted octanol–water partition coefficient (Wildman–Crippen LogP) is 6.09. The number of fused-ring (bicyclic) bond motifs is 1. The van der Waals surface area contributed by atoms with Crippen LogP contribution in [-0.2, 0) is 9.59 Å². The van der Waals surface area contributed by atoms with E-state index in [4.69, 9.17) is 0 Å². The van der Waals surface area contributed by atoms with Crippen LogP contribution in [0.15, 0.2) is 48.2 Å². The fraction of sp³-hybridized carbons (Fsp3) is 0.615. The summed E-state index contributed by atoms with van der Waals surface area (Å²) in [5.74, 6) is -0.179. The minimum Gasteiger partial charge on any atom is -0.348 e.